The Morgan fingerprint density at radius 2 is 2.04 bits per heavy atom. The Kier molecular flexibility index (Phi) is 4.57. The van der Waals surface area contributed by atoms with Crippen LogP contribution in [0.2, 0.25) is 0 Å². The average Bonchev–Trinajstić information content (AvgIpc) is 2.85. The summed E-state index contributed by atoms with van der Waals surface area (Å²) < 4.78 is 10.4. The number of carbonyl (C=O) groups is 2. The van der Waals surface area contributed by atoms with E-state index in [2.05, 4.69) is 0 Å². The van der Waals surface area contributed by atoms with Crippen LogP contribution in [-0.4, -0.2) is 34.9 Å². The predicted molar refractivity (Wildman–Crippen MR) is 83.7 cm³/mol. The Labute approximate surface area is 139 Å². The molecule has 1 aromatic carbocycles. The molecule has 4 atom stereocenters. The first-order chi connectivity index (χ1) is 11.5. The quantitative estimate of drug-likeness (QED) is 0.813. The number of hydrogen-bond acceptors (Lipinski definition) is 6. The van der Waals surface area contributed by atoms with E-state index in [1.54, 1.807) is 31.2 Å². The second kappa shape index (κ2) is 6.65. The highest BCUT2D eigenvalue weighted by molar-refractivity contribution is 5.93. The highest BCUT2D eigenvalue weighted by Gasteiger charge is 2.49. The smallest absolute Gasteiger partial charge is 0.337 e. The number of phenols is 1. The predicted octanol–water partition coefficient (Wildman–Crippen LogP) is 1.55. The lowest BCUT2D eigenvalue weighted by atomic mass is 9.83. The number of phenolic OH excluding ortho intramolecular Hbond substituents is 1. The summed E-state index contributed by atoms with van der Waals surface area (Å²) in [6, 6.07) is 6.67. The van der Waals surface area contributed by atoms with Crippen molar-refractivity contribution in [1.29, 1.82) is 0 Å². The zero-order valence-electron chi connectivity index (χ0n) is 13.3. The van der Waals surface area contributed by atoms with E-state index in [4.69, 9.17) is 9.47 Å². The molecule has 0 aromatic heterocycles. The van der Waals surface area contributed by atoms with Crippen LogP contribution in [0.1, 0.15) is 18.9 Å². The van der Waals surface area contributed by atoms with Crippen molar-refractivity contribution in [2.24, 2.45) is 17.8 Å². The minimum Gasteiger partial charge on any atom is -0.508 e. The first-order valence-electron chi connectivity index (χ1n) is 7.98. The van der Waals surface area contributed by atoms with Gasteiger partial charge in [-0.1, -0.05) is 19.1 Å². The molecule has 1 fully saturated rings. The Balaban J connectivity index is 1.60. The normalized spacial score (nSPS) is 28.8. The first-order valence-corrected chi connectivity index (χ1v) is 7.98. The number of benzene rings is 1. The van der Waals surface area contributed by atoms with E-state index in [9.17, 15) is 19.8 Å². The van der Waals surface area contributed by atoms with Gasteiger partial charge in [0, 0.05) is 30.6 Å². The van der Waals surface area contributed by atoms with Crippen molar-refractivity contribution in [2.75, 3.05) is 6.61 Å². The number of ketones is 1. The lowest BCUT2D eigenvalue weighted by Gasteiger charge is -2.31. The number of ether oxygens (including phenoxy) is 2. The Bertz CT molecular complexity index is 663. The molecule has 6 heteroatoms. The number of esters is 1. The van der Waals surface area contributed by atoms with Crippen LogP contribution in [0, 0.1) is 17.8 Å². The van der Waals surface area contributed by atoms with E-state index in [-0.39, 0.29) is 36.4 Å². The molecule has 4 unspecified atom stereocenters. The Morgan fingerprint density at radius 3 is 2.75 bits per heavy atom. The molecule has 1 saturated carbocycles. The second-order valence-electron chi connectivity index (χ2n) is 6.30. The van der Waals surface area contributed by atoms with Crippen molar-refractivity contribution in [1.82, 2.24) is 0 Å². The van der Waals surface area contributed by atoms with Crippen molar-refractivity contribution >= 4 is 11.8 Å². The van der Waals surface area contributed by atoms with Gasteiger partial charge in [-0.15, -0.1) is 0 Å². The van der Waals surface area contributed by atoms with Gasteiger partial charge >= 0.3 is 5.97 Å². The summed E-state index contributed by atoms with van der Waals surface area (Å²) >= 11 is 0. The van der Waals surface area contributed by atoms with Crippen LogP contribution in [-0.2, 0) is 25.5 Å². The lowest BCUT2D eigenvalue weighted by molar-refractivity contribution is -0.147. The van der Waals surface area contributed by atoms with Gasteiger partial charge < -0.3 is 19.7 Å². The third kappa shape index (κ3) is 3.14. The fourth-order valence-corrected chi connectivity index (χ4v) is 3.39. The summed E-state index contributed by atoms with van der Waals surface area (Å²) in [5.41, 5.74) is 1.25. The van der Waals surface area contributed by atoms with Gasteiger partial charge in [-0.3, -0.25) is 4.79 Å². The SMILES string of the molecule is CC1C(=O)CC2C(C(=O)OCCc3ccc(O)cc3)=COC(O)C12. The Morgan fingerprint density at radius 1 is 1.33 bits per heavy atom. The van der Waals surface area contributed by atoms with Gasteiger partial charge in [0.2, 0.25) is 6.29 Å². The van der Waals surface area contributed by atoms with Gasteiger partial charge in [-0.25, -0.2) is 4.79 Å². The van der Waals surface area contributed by atoms with Gasteiger partial charge in [-0.05, 0) is 17.7 Å². The molecule has 0 saturated heterocycles. The molecular weight excluding hydrogens is 312 g/mol. The van der Waals surface area contributed by atoms with Crippen LogP contribution in [0.25, 0.3) is 0 Å². The monoisotopic (exact) mass is 332 g/mol. The zero-order chi connectivity index (χ0) is 17.3. The summed E-state index contributed by atoms with van der Waals surface area (Å²) in [6.07, 6.45) is 0.905. The molecule has 0 radical (unpaired) electrons. The van der Waals surface area contributed by atoms with E-state index in [0.29, 0.717) is 12.0 Å². The van der Waals surface area contributed by atoms with Crippen LogP contribution in [0.5, 0.6) is 5.75 Å². The fourth-order valence-electron chi connectivity index (χ4n) is 3.39. The van der Waals surface area contributed by atoms with E-state index < -0.39 is 18.2 Å². The van der Waals surface area contributed by atoms with Crippen LogP contribution >= 0.6 is 0 Å². The topological polar surface area (TPSA) is 93.1 Å². The highest BCUT2D eigenvalue weighted by atomic mass is 16.6. The number of carbonyl (C=O) groups excluding carboxylic acids is 2. The van der Waals surface area contributed by atoms with Crippen LogP contribution in [0.15, 0.2) is 36.1 Å². The molecule has 128 valence electrons. The van der Waals surface area contributed by atoms with Gasteiger partial charge in [0.25, 0.3) is 0 Å². The zero-order valence-corrected chi connectivity index (χ0v) is 13.3. The summed E-state index contributed by atoms with van der Waals surface area (Å²) in [5.74, 6) is -1.39. The molecule has 3 rings (SSSR count). The molecule has 24 heavy (non-hydrogen) atoms. The number of fused-ring (bicyclic) bond motifs is 1. The molecule has 1 aliphatic carbocycles. The molecule has 0 bridgehead atoms. The van der Waals surface area contributed by atoms with Gasteiger partial charge in [0.05, 0.1) is 18.4 Å². The van der Waals surface area contributed by atoms with Crippen LogP contribution in [0.4, 0.5) is 0 Å². The second-order valence-corrected chi connectivity index (χ2v) is 6.30. The number of aromatic hydroxyl groups is 1. The van der Waals surface area contributed by atoms with Crippen LogP contribution in [0.3, 0.4) is 0 Å². The fraction of sp³-hybridized carbons (Fsp3) is 0.444. The summed E-state index contributed by atoms with van der Waals surface area (Å²) in [4.78, 5) is 24.2. The summed E-state index contributed by atoms with van der Waals surface area (Å²) in [6.45, 7) is 1.93. The maximum atomic E-state index is 12.3. The van der Waals surface area contributed by atoms with Crippen molar-refractivity contribution in [3.63, 3.8) is 0 Å². The standard InChI is InChI=1S/C18H20O6/c1-10-15(20)8-13-14(9-24-18(22)16(10)13)17(21)23-7-6-11-2-4-12(19)5-3-11/h2-5,9-10,13,16,18-19,22H,6-8H2,1H3. The number of aliphatic hydroxyl groups excluding tert-OH is 1. The number of aliphatic hydroxyl groups is 1. The minimum absolute atomic E-state index is 0.0253. The summed E-state index contributed by atoms with van der Waals surface area (Å²) in [7, 11) is 0. The highest BCUT2D eigenvalue weighted by Crippen LogP contribution is 2.44. The molecule has 1 heterocycles. The third-order valence-corrected chi connectivity index (χ3v) is 4.83. The molecule has 6 nitrogen and oxygen atoms in total. The average molecular weight is 332 g/mol. The van der Waals surface area contributed by atoms with Gasteiger partial charge in [-0.2, -0.15) is 0 Å². The minimum atomic E-state index is -1.06. The maximum Gasteiger partial charge on any atom is 0.337 e. The maximum absolute atomic E-state index is 12.3. The molecule has 2 aliphatic rings. The van der Waals surface area contributed by atoms with Crippen LogP contribution < -0.4 is 0 Å². The number of Topliss-reactive ketones (excluding diaryl/α,β-unsaturated/α-hetero) is 1. The third-order valence-electron chi connectivity index (χ3n) is 4.83. The first kappa shape index (κ1) is 16.5. The van der Waals surface area contributed by atoms with Crippen molar-refractivity contribution < 1.29 is 29.3 Å². The number of rotatable bonds is 4. The number of hydrogen-bond donors (Lipinski definition) is 2. The molecule has 2 N–H and O–H groups in total. The molecule has 1 aliphatic heterocycles. The summed E-state index contributed by atoms with van der Waals surface area (Å²) in [5, 5.41) is 19.2. The molecule has 0 amide bonds. The van der Waals surface area contributed by atoms with Gasteiger partial charge in [0.1, 0.15) is 11.5 Å². The van der Waals surface area contributed by atoms with E-state index in [0.717, 1.165) is 5.56 Å². The lowest BCUT2D eigenvalue weighted by Crippen LogP contribution is -2.36. The van der Waals surface area contributed by atoms with Gasteiger partial charge in [0.15, 0.2) is 0 Å². The van der Waals surface area contributed by atoms with E-state index >= 15 is 0 Å². The molecule has 1 aromatic rings. The Hall–Kier alpha value is -2.34. The van der Waals surface area contributed by atoms with E-state index in [1.807, 2.05) is 0 Å². The molecular formula is C18H20O6. The molecule has 0 spiro atoms. The van der Waals surface area contributed by atoms with E-state index in [1.165, 1.54) is 6.26 Å². The van der Waals surface area contributed by atoms with Crippen molar-refractivity contribution in [2.45, 2.75) is 26.1 Å². The largest absolute Gasteiger partial charge is 0.508 e. The van der Waals surface area contributed by atoms with Crippen molar-refractivity contribution in [3.8, 4) is 5.75 Å². The van der Waals surface area contributed by atoms with Crippen molar-refractivity contribution in [3.05, 3.63) is 41.7 Å².